The lowest BCUT2D eigenvalue weighted by Gasteiger charge is -2.32. The number of rotatable bonds is 30. The zero-order chi connectivity index (χ0) is 95.5. The van der Waals surface area contributed by atoms with Crippen molar-refractivity contribution in [1.82, 2.24) is 24.5 Å². The summed E-state index contributed by atoms with van der Waals surface area (Å²) in [4.78, 5) is 13.3. The zero-order valence-electron chi connectivity index (χ0n) is 79.6. The number of sulfone groups is 1. The number of likely N-dealkylation sites (N-methyl/N-ethyl adjacent to an activating group) is 2. The van der Waals surface area contributed by atoms with E-state index in [9.17, 15) is 30.4 Å². The predicted molar refractivity (Wildman–Crippen MR) is 550 cm³/mol. The van der Waals surface area contributed by atoms with Crippen LogP contribution in [-0.4, -0.2) is 242 Å². The lowest BCUT2D eigenvalue weighted by molar-refractivity contribution is 0.0322. The summed E-state index contributed by atoms with van der Waals surface area (Å²) in [6.45, 7) is 39.9. The molecule has 13 rings (SSSR count). The minimum atomic E-state index is -3.24. The van der Waals surface area contributed by atoms with Crippen molar-refractivity contribution in [2.45, 2.75) is 111 Å². The second-order valence-electron chi connectivity index (χ2n) is 32.3. The maximum absolute atomic E-state index is 11.5. The Hall–Kier alpha value is -8.71. The van der Waals surface area contributed by atoms with Crippen molar-refractivity contribution in [1.29, 1.82) is 0 Å². The lowest BCUT2D eigenvalue weighted by atomic mass is 10.2. The van der Waals surface area contributed by atoms with E-state index in [4.69, 9.17) is 45.8 Å². The van der Waals surface area contributed by atoms with Crippen molar-refractivity contribution in [2.75, 3.05) is 196 Å². The highest BCUT2D eigenvalue weighted by molar-refractivity contribution is 9.09. The molecule has 130 heavy (non-hydrogen) atoms. The third-order valence-corrected chi connectivity index (χ3v) is 25.0. The number of nitrogens with two attached hydrogens (primary N) is 1. The predicted octanol–water partition coefficient (Wildman–Crippen LogP) is 19.7. The Labute approximate surface area is 798 Å². The van der Waals surface area contributed by atoms with Crippen LogP contribution in [0.2, 0.25) is 0 Å². The Morgan fingerprint density at radius 1 is 0.462 bits per heavy atom. The Bertz CT molecular complexity index is 4900. The number of nitrogens with one attached hydrogen (secondary N) is 2. The van der Waals surface area contributed by atoms with Crippen molar-refractivity contribution < 1.29 is 58.8 Å². The highest BCUT2D eigenvalue weighted by Gasteiger charge is 2.20. The Morgan fingerprint density at radius 2 is 0.808 bits per heavy atom. The number of nitrogen functional groups attached to an aromatic ring is 1. The number of piperazine rings is 1. The zero-order valence-corrected chi connectivity index (χ0v) is 85.2. The molecule has 1 atom stereocenters. The molecule has 10 aromatic carbocycles. The average Bonchev–Trinajstić information content (AvgIpc) is 0.968. The van der Waals surface area contributed by atoms with Gasteiger partial charge in [-0.25, -0.2) is 25.3 Å². The molecule has 0 aromatic heterocycles. The molecule has 0 aliphatic carbocycles. The van der Waals surface area contributed by atoms with Gasteiger partial charge in [-0.15, -0.1) is 23.4 Å². The van der Waals surface area contributed by atoms with Crippen LogP contribution in [0, 0.1) is 69.2 Å². The number of ether oxygens (including phenoxy) is 6. The van der Waals surface area contributed by atoms with Crippen LogP contribution >= 0.6 is 39.3 Å². The fourth-order valence-corrected chi connectivity index (χ4v) is 15.6. The van der Waals surface area contributed by atoms with Crippen LogP contribution in [0.15, 0.2) is 252 Å². The van der Waals surface area contributed by atoms with E-state index in [-0.39, 0.29) is 17.6 Å². The number of benzene rings is 10. The molecule has 10 aromatic rings. The first kappa shape index (κ1) is 114. The maximum atomic E-state index is 11.5. The van der Waals surface area contributed by atoms with Crippen LogP contribution in [-0.2, 0) is 34.6 Å². The van der Waals surface area contributed by atoms with E-state index in [1.165, 1.54) is 63.2 Å². The molecule has 3 fully saturated rings. The minimum Gasteiger partial charge on any atom is -0.493 e. The van der Waals surface area contributed by atoms with Crippen LogP contribution in [0.5, 0.6) is 28.7 Å². The van der Waals surface area contributed by atoms with Crippen LogP contribution in [0.25, 0.3) is 0 Å². The lowest BCUT2D eigenvalue weighted by Crippen LogP contribution is -2.45. The summed E-state index contributed by atoms with van der Waals surface area (Å²) in [7, 11) is -3.15. The molecular weight excluding hydrogens is 1800 g/mol. The number of likely N-dealkylation sites (tertiary alicyclic amines) is 1. The molecule has 21 nitrogen and oxygen atoms in total. The maximum Gasteiger partial charge on any atom is 0.232 e. The SMILES string of the molecule is CCCS(=O)(=O)Nc1ccc(C)cc1.CSc1ccc(C)cc1.Cc1ccc(NS(=O)(=O)CCCCl)cc1.Cc1ccc(OCCBr)cc1.Cc1ccc(OCCN(C)C)cc1.Cc1ccc(OCCN2CCN(C)CC2)cc1.Cc1ccc(OCCN2CCOCC2)cc1.Cc1ccc(OCCN2CC[C@H](O)C2)cc1.Cc1ccc(S(C)(=O)=O)cc1.Cc1cccc(N)c1. The molecule has 3 saturated heterocycles. The van der Waals surface area contributed by atoms with E-state index < -0.39 is 29.9 Å². The number of alkyl halides is 2. The number of aliphatic hydroxyl groups is 1. The number of thioether (sulfide) groups is 1. The summed E-state index contributed by atoms with van der Waals surface area (Å²) in [5.41, 5.74) is 19.6. The van der Waals surface area contributed by atoms with Gasteiger partial charge in [0.2, 0.25) is 20.0 Å². The molecule has 3 aliphatic heterocycles. The molecule has 5 N–H and O–H groups in total. The quantitative estimate of drug-likeness (QED) is 0.0186. The molecule has 27 heteroatoms. The third kappa shape index (κ3) is 55.6. The van der Waals surface area contributed by atoms with E-state index >= 15 is 0 Å². The summed E-state index contributed by atoms with van der Waals surface area (Å²) in [5.74, 6) is 5.33. The van der Waals surface area contributed by atoms with Gasteiger partial charge in [-0.05, 0) is 243 Å². The molecule has 714 valence electrons. The number of sulfonamides is 2. The molecule has 0 unspecified atom stereocenters. The van der Waals surface area contributed by atoms with Gasteiger partial charge in [0.15, 0.2) is 9.84 Å². The highest BCUT2D eigenvalue weighted by atomic mass is 79.9. The van der Waals surface area contributed by atoms with Crippen molar-refractivity contribution in [2.24, 2.45) is 0 Å². The molecule has 0 spiro atoms. The number of β-amino-alcohol motifs (C(OH)–C–C–N with tert-alkyl or cyclic N) is 1. The van der Waals surface area contributed by atoms with Crippen LogP contribution in [0.3, 0.4) is 0 Å². The molecule has 0 saturated carbocycles. The smallest absolute Gasteiger partial charge is 0.232 e. The monoisotopic (exact) mass is 1940 g/mol. The minimum absolute atomic E-state index is 0.0599. The first-order valence-electron chi connectivity index (χ1n) is 44.2. The van der Waals surface area contributed by atoms with Crippen molar-refractivity contribution in [3.05, 3.63) is 298 Å². The Kier molecular flexibility index (Phi) is 56.8. The van der Waals surface area contributed by atoms with Gasteiger partial charge in [-0.1, -0.05) is 194 Å². The molecule has 0 amide bonds. The number of nitrogens with zero attached hydrogens (tertiary/aromatic N) is 5. The largest absolute Gasteiger partial charge is 0.493 e. The van der Waals surface area contributed by atoms with E-state index in [0.29, 0.717) is 41.6 Å². The Morgan fingerprint density at radius 3 is 1.13 bits per heavy atom. The van der Waals surface area contributed by atoms with Crippen LogP contribution < -0.4 is 38.9 Å². The third-order valence-electron chi connectivity index (χ3n) is 19.7. The summed E-state index contributed by atoms with van der Waals surface area (Å²) in [5, 5.41) is 10.2. The van der Waals surface area contributed by atoms with E-state index in [2.05, 4.69) is 178 Å². The Balaban J connectivity index is 0.000000304. The normalized spacial score (nSPS) is 13.7. The number of hydrogen-bond acceptors (Lipinski definition) is 20. The molecule has 0 radical (unpaired) electrons. The van der Waals surface area contributed by atoms with Gasteiger partial charge < -0.3 is 49.1 Å². The fourth-order valence-electron chi connectivity index (χ4n) is 11.8. The first-order valence-corrected chi connectivity index (χ1v) is 52.3. The number of anilines is 3. The number of halogens is 2. The van der Waals surface area contributed by atoms with Gasteiger partial charge in [0, 0.05) is 118 Å². The van der Waals surface area contributed by atoms with E-state index in [1.54, 1.807) is 60.3 Å². The highest BCUT2D eigenvalue weighted by Crippen LogP contribution is 2.20. The second kappa shape index (κ2) is 65.0. The van der Waals surface area contributed by atoms with Gasteiger partial charge in [0.05, 0.1) is 42.3 Å². The number of morpholine rings is 1. The number of aryl methyl sites for hydroxylation is 10. The molecule has 3 heterocycles. The first-order chi connectivity index (χ1) is 62.0. The van der Waals surface area contributed by atoms with E-state index in [0.717, 1.165) is 168 Å². The standard InChI is InChI=1S/C14H22N2O.2C13H19NO2.C11H17NO.C10H14ClNO2S.C10H15NO2S.C9H11BrO.C8H10O2S.C8H10S.C7H9N/c1-13-3-5-14(6-4-13)17-12-11-16-9-7-15(2)8-10-16;1-12-2-4-13(5-3-12)16-11-8-14-6-9-15-10-7-14;1-11-2-4-13(5-3-11)16-9-8-14-7-6-12(15)10-14;1-10-4-6-11(7-5-10)13-9-8-12(2)3;1-9-3-5-10(6-4-9)12-15(13,14)8-2-7-11;1-3-8-14(12,13)11-10-6-4-9(2)5-7-10;1-8-2-4-9(5-3-8)11-7-6-10;1-7-3-5-8(6-4-7)11(2,9)10;1-7-3-5-8(9-2)6-4-7;1-6-3-2-4-7(8)5-6/h3-6H,7-12H2,1-2H3;2-5H,6-11H2,1H3;2-5,12,15H,6-10H2,1H3;4-7H,8-9H2,1-3H3;3-6,12H,2,7-8H2,1H3;4-7,11H,3,8H2,1-2H3;2-5H,6-7H2,1H3;3-6H,1-2H3;3-6H,1-2H3;2-5H,8H2,1H3/t;;12-;;;;;;;/m..0......./s1. The fraction of sp³-hybridized carbons (Fsp3) is 0.417. The summed E-state index contributed by atoms with van der Waals surface area (Å²) in [6.07, 6.45) is 5.14. The molecular formula is C103H146BrClN8O13S4. The van der Waals surface area contributed by atoms with Crippen molar-refractivity contribution in [3.8, 4) is 28.7 Å². The van der Waals surface area contributed by atoms with Gasteiger partial charge in [-0.3, -0.25) is 24.1 Å². The van der Waals surface area contributed by atoms with Crippen LogP contribution in [0.1, 0.15) is 81.8 Å². The van der Waals surface area contributed by atoms with Crippen molar-refractivity contribution >= 4 is 86.2 Å². The summed E-state index contributed by atoms with van der Waals surface area (Å²) in [6, 6.07) is 78.4. The van der Waals surface area contributed by atoms with Gasteiger partial charge in [0.25, 0.3) is 0 Å². The average molecular weight is 1950 g/mol. The van der Waals surface area contributed by atoms with Gasteiger partial charge in [-0.2, -0.15) is 0 Å². The summed E-state index contributed by atoms with van der Waals surface area (Å²) < 4.78 is 106. The second-order valence-corrected chi connectivity index (χ2v) is 40.0. The summed E-state index contributed by atoms with van der Waals surface area (Å²) >= 11 is 10.5. The van der Waals surface area contributed by atoms with Crippen molar-refractivity contribution in [3.63, 3.8) is 0 Å². The number of hydrogen-bond donors (Lipinski definition) is 4. The molecule has 0 bridgehead atoms. The van der Waals surface area contributed by atoms with Crippen LogP contribution in [0.4, 0.5) is 17.1 Å². The van der Waals surface area contributed by atoms with E-state index in [1.807, 2.05) is 170 Å². The van der Waals surface area contributed by atoms with Gasteiger partial charge in [0.1, 0.15) is 55.2 Å². The van der Waals surface area contributed by atoms with Gasteiger partial charge >= 0.3 is 0 Å². The molecule has 3 aliphatic rings. The number of aliphatic hydroxyl groups excluding tert-OH is 1. The topological polar surface area (TPSA) is 244 Å².